The molecule has 10 heteroatoms. The Morgan fingerprint density at radius 3 is 2.49 bits per heavy atom. The van der Waals surface area contributed by atoms with Crippen LogP contribution in [-0.2, 0) is 10.0 Å². The number of nitrogens with one attached hydrogen (secondary N) is 3. The van der Waals surface area contributed by atoms with Crippen molar-refractivity contribution in [3.05, 3.63) is 81.8 Å². The average molecular weight is 607 g/mol. The molecular weight excluding hydrogens is 578 g/mol. The Balaban J connectivity index is 1.36. The summed E-state index contributed by atoms with van der Waals surface area (Å²) < 4.78 is 35.4. The number of rotatable bonds is 10. The van der Waals surface area contributed by atoms with Gasteiger partial charge in [-0.3, -0.25) is 9.52 Å². The van der Waals surface area contributed by atoms with E-state index in [9.17, 15) is 13.2 Å². The molecule has 0 bridgehead atoms. The quantitative estimate of drug-likeness (QED) is 0.239. The second kappa shape index (κ2) is 12.8. The Morgan fingerprint density at radius 1 is 1.03 bits per heavy atom. The summed E-state index contributed by atoms with van der Waals surface area (Å²) in [6.45, 7) is 2.74. The number of carbonyl (C=O) groups excluding carboxylic acids is 1. The van der Waals surface area contributed by atoms with Crippen molar-refractivity contribution in [2.24, 2.45) is 5.92 Å². The summed E-state index contributed by atoms with van der Waals surface area (Å²) in [4.78, 5) is 12.5. The average Bonchev–Trinajstić information content (AvgIpc) is 2.90. The molecule has 3 aromatic carbocycles. The van der Waals surface area contributed by atoms with Gasteiger partial charge in [0.25, 0.3) is 15.9 Å². The van der Waals surface area contributed by atoms with E-state index in [1.807, 2.05) is 0 Å². The fraction of sp³-hybridized carbons (Fsp3) is 0.296. The zero-order valence-electron chi connectivity index (χ0n) is 20.2. The van der Waals surface area contributed by atoms with Crippen molar-refractivity contribution in [1.29, 1.82) is 0 Å². The van der Waals surface area contributed by atoms with Gasteiger partial charge in [-0.1, -0.05) is 39.7 Å². The van der Waals surface area contributed by atoms with Crippen LogP contribution in [0.15, 0.2) is 76.1 Å². The summed E-state index contributed by atoms with van der Waals surface area (Å²) >= 11 is 9.60. The zero-order valence-corrected chi connectivity index (χ0v) is 23.3. The van der Waals surface area contributed by atoms with Gasteiger partial charge in [0, 0.05) is 16.6 Å². The molecule has 0 unspecified atom stereocenters. The number of hydrogen-bond acceptors (Lipinski definition) is 5. The van der Waals surface area contributed by atoms with Gasteiger partial charge in [-0.25, -0.2) is 8.42 Å². The van der Waals surface area contributed by atoms with Gasteiger partial charge in [0.1, 0.15) is 5.75 Å². The minimum atomic E-state index is -3.93. The Kier molecular flexibility index (Phi) is 9.48. The maximum atomic E-state index is 13.1. The number of sulfonamides is 1. The predicted octanol–water partition coefficient (Wildman–Crippen LogP) is 6.21. The first kappa shape index (κ1) is 27.4. The highest BCUT2D eigenvalue weighted by Gasteiger charge is 2.18. The van der Waals surface area contributed by atoms with Crippen LogP contribution in [0.3, 0.4) is 0 Å². The van der Waals surface area contributed by atoms with Gasteiger partial charge in [0.2, 0.25) is 0 Å². The number of benzene rings is 3. The summed E-state index contributed by atoms with van der Waals surface area (Å²) in [5.41, 5.74) is 0.673. The number of anilines is 1. The molecular formula is C27H29BrClN3O4S. The number of carbonyl (C=O) groups is 1. The summed E-state index contributed by atoms with van der Waals surface area (Å²) in [5, 5.41) is 6.67. The molecule has 1 fully saturated rings. The smallest absolute Gasteiger partial charge is 0.262 e. The molecule has 0 radical (unpaired) electrons. The molecule has 0 aromatic heterocycles. The second-order valence-corrected chi connectivity index (χ2v) is 11.9. The van der Waals surface area contributed by atoms with Gasteiger partial charge in [-0.15, -0.1) is 0 Å². The third-order valence-corrected chi connectivity index (χ3v) is 8.38. The van der Waals surface area contributed by atoms with E-state index in [0.29, 0.717) is 28.6 Å². The highest BCUT2D eigenvalue weighted by Crippen LogP contribution is 2.35. The van der Waals surface area contributed by atoms with Gasteiger partial charge >= 0.3 is 0 Å². The third kappa shape index (κ3) is 7.70. The first-order valence-electron chi connectivity index (χ1n) is 12.2. The molecule has 196 valence electrons. The minimum Gasteiger partial charge on any atom is -0.454 e. The van der Waals surface area contributed by atoms with Gasteiger partial charge in [0.05, 0.1) is 15.6 Å². The summed E-state index contributed by atoms with van der Waals surface area (Å²) in [7, 11) is -3.93. The van der Waals surface area contributed by atoms with Gasteiger partial charge < -0.3 is 15.4 Å². The number of amides is 1. The molecule has 0 atom stereocenters. The topological polar surface area (TPSA) is 96.5 Å². The second-order valence-electron chi connectivity index (χ2n) is 8.89. The number of para-hydroxylation sites is 2. The van der Waals surface area contributed by atoms with Crippen LogP contribution in [0.5, 0.6) is 11.5 Å². The molecule has 3 aromatic rings. The zero-order chi connectivity index (χ0) is 26.3. The van der Waals surface area contributed by atoms with Gasteiger partial charge in [0.15, 0.2) is 5.75 Å². The van der Waals surface area contributed by atoms with Crippen LogP contribution < -0.4 is 20.1 Å². The molecule has 1 heterocycles. The summed E-state index contributed by atoms with van der Waals surface area (Å²) in [6.07, 6.45) is 4.41. The molecule has 3 N–H and O–H groups in total. The predicted molar refractivity (Wildman–Crippen MR) is 150 cm³/mol. The fourth-order valence-electron chi connectivity index (χ4n) is 4.17. The lowest BCUT2D eigenvalue weighted by Gasteiger charge is -2.22. The lowest BCUT2D eigenvalue weighted by atomic mass is 9.93. The van der Waals surface area contributed by atoms with Crippen molar-refractivity contribution in [1.82, 2.24) is 10.6 Å². The SMILES string of the molecule is O=C(NCCCC1CCNCC1)c1ccc(S(=O)(=O)Nc2ccccc2Oc2ccc(Br)cc2Cl)cc1. The van der Waals surface area contributed by atoms with E-state index in [4.69, 9.17) is 16.3 Å². The highest BCUT2D eigenvalue weighted by atomic mass is 79.9. The molecule has 37 heavy (non-hydrogen) atoms. The molecule has 1 saturated heterocycles. The monoisotopic (exact) mass is 605 g/mol. The van der Waals surface area contributed by atoms with E-state index in [1.54, 1.807) is 42.5 Å². The van der Waals surface area contributed by atoms with Crippen molar-refractivity contribution in [2.75, 3.05) is 24.4 Å². The Labute approximate surface area is 231 Å². The molecule has 1 amide bonds. The highest BCUT2D eigenvalue weighted by molar-refractivity contribution is 9.10. The molecule has 0 spiro atoms. The summed E-state index contributed by atoms with van der Waals surface area (Å²) in [6, 6.07) is 17.7. The van der Waals surface area contributed by atoms with Crippen LogP contribution in [-0.4, -0.2) is 34.0 Å². The van der Waals surface area contributed by atoms with Gasteiger partial charge in [-0.05, 0) is 99.3 Å². The van der Waals surface area contributed by atoms with Crippen molar-refractivity contribution in [3.8, 4) is 11.5 Å². The standard InChI is InChI=1S/C27H29BrClN3O4S/c28-21-9-12-25(23(29)18-21)36-26-6-2-1-5-24(26)32-37(34,35)22-10-7-20(8-11-22)27(33)31-15-3-4-19-13-16-30-17-14-19/h1-2,5-12,18-19,30,32H,3-4,13-17H2,(H,31,33). The van der Waals surface area contributed by atoms with E-state index in [1.165, 1.54) is 37.1 Å². The Bertz CT molecular complexity index is 1330. The van der Waals surface area contributed by atoms with Crippen molar-refractivity contribution < 1.29 is 17.9 Å². The Morgan fingerprint density at radius 2 is 1.76 bits per heavy atom. The first-order valence-corrected chi connectivity index (χ1v) is 14.8. The number of ether oxygens (including phenoxy) is 1. The van der Waals surface area contributed by atoms with Crippen molar-refractivity contribution in [2.45, 2.75) is 30.6 Å². The van der Waals surface area contributed by atoms with E-state index in [2.05, 4.69) is 31.3 Å². The molecule has 0 aliphatic carbocycles. The lowest BCUT2D eigenvalue weighted by molar-refractivity contribution is 0.0952. The van der Waals surface area contributed by atoms with Gasteiger partial charge in [-0.2, -0.15) is 0 Å². The van der Waals surface area contributed by atoms with Crippen LogP contribution in [0.4, 0.5) is 5.69 Å². The van der Waals surface area contributed by atoms with Crippen LogP contribution >= 0.6 is 27.5 Å². The largest absolute Gasteiger partial charge is 0.454 e. The maximum Gasteiger partial charge on any atom is 0.262 e. The maximum absolute atomic E-state index is 13.1. The van der Waals surface area contributed by atoms with E-state index in [0.717, 1.165) is 36.3 Å². The number of hydrogen-bond donors (Lipinski definition) is 3. The molecule has 0 saturated carbocycles. The summed E-state index contributed by atoms with van der Waals surface area (Å²) in [5.74, 6) is 1.20. The van der Waals surface area contributed by atoms with Crippen LogP contribution in [0.25, 0.3) is 0 Å². The fourth-order valence-corrected chi connectivity index (χ4v) is 5.95. The molecule has 4 rings (SSSR count). The van der Waals surface area contributed by atoms with Crippen LogP contribution in [0.2, 0.25) is 5.02 Å². The molecule has 1 aliphatic rings. The molecule has 7 nitrogen and oxygen atoms in total. The third-order valence-electron chi connectivity index (χ3n) is 6.21. The first-order chi connectivity index (χ1) is 17.8. The Hall–Kier alpha value is -2.59. The minimum absolute atomic E-state index is 0.0337. The van der Waals surface area contributed by atoms with E-state index in [-0.39, 0.29) is 16.5 Å². The lowest BCUT2D eigenvalue weighted by Crippen LogP contribution is -2.29. The number of halogens is 2. The van der Waals surface area contributed by atoms with Crippen molar-refractivity contribution in [3.63, 3.8) is 0 Å². The van der Waals surface area contributed by atoms with E-state index >= 15 is 0 Å². The van der Waals surface area contributed by atoms with Crippen molar-refractivity contribution >= 4 is 49.1 Å². The number of piperidine rings is 1. The van der Waals surface area contributed by atoms with Crippen LogP contribution in [0.1, 0.15) is 36.0 Å². The van der Waals surface area contributed by atoms with E-state index < -0.39 is 10.0 Å². The van der Waals surface area contributed by atoms with Crippen LogP contribution in [0, 0.1) is 5.92 Å². The normalized spacial score (nSPS) is 14.2. The molecule has 1 aliphatic heterocycles.